The van der Waals surface area contributed by atoms with Crippen LogP contribution in [-0.4, -0.2) is 34.1 Å². The fourth-order valence-electron chi connectivity index (χ4n) is 2.26. The highest BCUT2D eigenvalue weighted by Gasteiger charge is 2.21. The van der Waals surface area contributed by atoms with Crippen LogP contribution in [0.1, 0.15) is 41.4 Å². The summed E-state index contributed by atoms with van der Waals surface area (Å²) < 4.78 is 0. The van der Waals surface area contributed by atoms with Gasteiger partial charge < -0.3 is 30.0 Å². The zero-order chi connectivity index (χ0) is 18.0. The summed E-state index contributed by atoms with van der Waals surface area (Å²) in [7, 11) is 0. The van der Waals surface area contributed by atoms with E-state index in [2.05, 4.69) is 0 Å². The molecule has 0 bridgehead atoms. The molecule has 122 valence electrons. The molecule has 0 aliphatic heterocycles. The summed E-state index contributed by atoms with van der Waals surface area (Å²) >= 11 is 0. The number of carbonyl (C=O) groups excluding carboxylic acids is 2. The van der Waals surface area contributed by atoms with E-state index in [4.69, 9.17) is 0 Å². The number of carbonyl (C=O) groups is 4. The average molecular weight is 328 g/mol. The minimum absolute atomic E-state index is 0.260. The second-order valence-electron chi connectivity index (χ2n) is 4.67. The molecule has 2 N–H and O–H groups in total. The van der Waals surface area contributed by atoms with Gasteiger partial charge in [0.05, 0.1) is 23.1 Å². The van der Waals surface area contributed by atoms with Crippen molar-refractivity contribution in [2.45, 2.75) is 0 Å². The third-order valence-corrected chi connectivity index (χ3v) is 3.27. The first kappa shape index (κ1) is 16.7. The van der Waals surface area contributed by atoms with E-state index < -0.39 is 40.6 Å². The van der Waals surface area contributed by atoms with Gasteiger partial charge in [0.1, 0.15) is 0 Å². The van der Waals surface area contributed by atoms with Crippen molar-refractivity contribution in [3.05, 3.63) is 58.7 Å². The first-order chi connectivity index (χ1) is 11.2. The molecule has 0 fully saturated rings. The summed E-state index contributed by atoms with van der Waals surface area (Å²) in [5.74, 6) is -6.42. The molecule has 0 spiro atoms. The molecule has 0 saturated heterocycles. The maximum atomic E-state index is 11.5. The maximum absolute atomic E-state index is 11.5. The van der Waals surface area contributed by atoms with Gasteiger partial charge in [-0.25, -0.2) is 9.59 Å². The van der Waals surface area contributed by atoms with Gasteiger partial charge in [0.25, 0.3) is 0 Å². The third-order valence-electron chi connectivity index (χ3n) is 3.27. The zero-order valence-corrected chi connectivity index (χ0v) is 11.8. The fraction of sp³-hybridized carbons (Fsp3) is 0. The van der Waals surface area contributed by atoms with Crippen molar-refractivity contribution in [2.75, 3.05) is 0 Å². The lowest BCUT2D eigenvalue weighted by atomic mass is 9.91. The number of hydrogen-bond donors (Lipinski definition) is 2. The first-order valence-electron chi connectivity index (χ1n) is 6.40. The molecule has 0 heterocycles. The molecule has 24 heavy (non-hydrogen) atoms. The van der Waals surface area contributed by atoms with E-state index >= 15 is 0 Å². The van der Waals surface area contributed by atoms with Gasteiger partial charge in [-0.3, -0.25) is 0 Å². The molecule has 0 saturated carbocycles. The lowest BCUT2D eigenvalue weighted by Crippen LogP contribution is -2.25. The fourth-order valence-corrected chi connectivity index (χ4v) is 2.26. The summed E-state index contributed by atoms with van der Waals surface area (Å²) in [4.78, 5) is 44.9. The Morgan fingerprint density at radius 3 is 1.92 bits per heavy atom. The Labute approximate surface area is 134 Å². The van der Waals surface area contributed by atoms with Gasteiger partial charge in [0.15, 0.2) is 0 Å². The lowest BCUT2D eigenvalue weighted by molar-refractivity contribution is -0.256. The van der Waals surface area contributed by atoms with Crippen LogP contribution in [0.3, 0.4) is 0 Å². The molecule has 0 unspecified atom stereocenters. The van der Waals surface area contributed by atoms with Crippen LogP contribution >= 0.6 is 0 Å². The topological polar surface area (TPSA) is 155 Å². The largest absolute Gasteiger partial charge is 0.545 e. The quantitative estimate of drug-likeness (QED) is 0.742. The molecule has 0 radical (unpaired) electrons. The standard InChI is InChI=1S/C16H10O8/c17-13(18)7-4-5-9(14(19)20)11(6-7)8-2-1-3-10(15(21)22)12(8)16(23)24/h1-6H,(H,17,18)(H,19,20)(H,21,22)(H,23,24)/p-2. The monoisotopic (exact) mass is 328 g/mol. The van der Waals surface area contributed by atoms with Crippen LogP contribution in [0.5, 0.6) is 0 Å². The van der Waals surface area contributed by atoms with Gasteiger partial charge in [0.2, 0.25) is 0 Å². The van der Waals surface area contributed by atoms with E-state index in [0.717, 1.165) is 24.3 Å². The maximum Gasteiger partial charge on any atom is 0.336 e. The molecule has 0 aliphatic rings. The van der Waals surface area contributed by atoms with Crippen molar-refractivity contribution in [3.8, 4) is 11.1 Å². The van der Waals surface area contributed by atoms with Gasteiger partial charge in [-0.1, -0.05) is 24.3 Å². The third kappa shape index (κ3) is 2.93. The smallest absolute Gasteiger partial charge is 0.336 e. The highest BCUT2D eigenvalue weighted by molar-refractivity contribution is 6.08. The Bertz CT molecular complexity index is 882. The first-order valence-corrected chi connectivity index (χ1v) is 6.40. The Balaban J connectivity index is 2.90. The van der Waals surface area contributed by atoms with E-state index in [-0.39, 0.29) is 16.7 Å². The summed E-state index contributed by atoms with van der Waals surface area (Å²) in [6, 6.07) is 6.25. The van der Waals surface area contributed by atoms with Gasteiger partial charge in [-0.05, 0) is 28.8 Å². The molecule has 2 aromatic carbocycles. The minimum Gasteiger partial charge on any atom is -0.545 e. The summed E-state index contributed by atoms with van der Waals surface area (Å²) in [5, 5.41) is 40.6. The molecule has 8 nitrogen and oxygen atoms in total. The summed E-state index contributed by atoms with van der Waals surface area (Å²) in [6.07, 6.45) is 0. The van der Waals surface area contributed by atoms with Crippen LogP contribution in [-0.2, 0) is 0 Å². The van der Waals surface area contributed by atoms with Gasteiger partial charge in [0, 0.05) is 5.56 Å². The second kappa shape index (κ2) is 6.21. The van der Waals surface area contributed by atoms with E-state index in [1.807, 2.05) is 0 Å². The molecule has 2 aromatic rings. The normalized spacial score (nSPS) is 10.2. The minimum atomic E-state index is -1.76. The highest BCUT2D eigenvalue weighted by Crippen LogP contribution is 2.30. The van der Waals surface area contributed by atoms with Gasteiger partial charge in [-0.15, -0.1) is 0 Å². The van der Waals surface area contributed by atoms with E-state index in [1.54, 1.807) is 0 Å². The van der Waals surface area contributed by atoms with Crippen LogP contribution in [0, 0.1) is 0 Å². The second-order valence-corrected chi connectivity index (χ2v) is 4.67. The van der Waals surface area contributed by atoms with E-state index in [0.29, 0.717) is 0 Å². The summed E-state index contributed by atoms with van der Waals surface area (Å²) in [5.41, 5.74) is -2.65. The van der Waals surface area contributed by atoms with Crippen molar-refractivity contribution in [1.29, 1.82) is 0 Å². The summed E-state index contributed by atoms with van der Waals surface area (Å²) in [6.45, 7) is 0. The molecule has 0 amide bonds. The Morgan fingerprint density at radius 2 is 1.42 bits per heavy atom. The van der Waals surface area contributed by atoms with Gasteiger partial charge >= 0.3 is 11.9 Å². The van der Waals surface area contributed by atoms with Crippen LogP contribution in [0.15, 0.2) is 36.4 Å². The predicted molar refractivity (Wildman–Crippen MR) is 74.5 cm³/mol. The Hall–Kier alpha value is -3.68. The zero-order valence-electron chi connectivity index (χ0n) is 11.8. The van der Waals surface area contributed by atoms with E-state index in [9.17, 15) is 39.6 Å². The lowest BCUT2D eigenvalue weighted by Gasteiger charge is -2.15. The number of benzene rings is 2. The van der Waals surface area contributed by atoms with Crippen molar-refractivity contribution < 1.29 is 39.6 Å². The predicted octanol–water partition coefficient (Wildman–Crippen LogP) is -0.523. The molecular weight excluding hydrogens is 320 g/mol. The molecular formula is C16H8O8-2. The molecule has 0 aromatic heterocycles. The van der Waals surface area contributed by atoms with Crippen molar-refractivity contribution in [3.63, 3.8) is 0 Å². The van der Waals surface area contributed by atoms with Crippen LogP contribution < -0.4 is 10.2 Å². The number of aromatic carboxylic acids is 4. The van der Waals surface area contributed by atoms with Crippen LogP contribution in [0.25, 0.3) is 11.1 Å². The number of rotatable bonds is 5. The van der Waals surface area contributed by atoms with E-state index in [1.165, 1.54) is 12.1 Å². The number of carboxylic acids is 4. The average Bonchev–Trinajstić information content (AvgIpc) is 2.53. The SMILES string of the molecule is O=C([O-])c1ccc(C(=O)O)c(-c2cccc(C(=O)[O-])c2C(=O)O)c1. The molecule has 0 aliphatic carbocycles. The van der Waals surface area contributed by atoms with Gasteiger partial charge in [-0.2, -0.15) is 0 Å². The van der Waals surface area contributed by atoms with Crippen molar-refractivity contribution in [2.24, 2.45) is 0 Å². The number of hydrogen-bond acceptors (Lipinski definition) is 6. The molecule has 0 atom stereocenters. The number of carboxylic acid groups (broad SMARTS) is 4. The van der Waals surface area contributed by atoms with Crippen molar-refractivity contribution in [1.82, 2.24) is 0 Å². The Kier molecular flexibility index (Phi) is 4.32. The van der Waals surface area contributed by atoms with Crippen LogP contribution in [0.2, 0.25) is 0 Å². The van der Waals surface area contributed by atoms with Crippen LogP contribution in [0.4, 0.5) is 0 Å². The van der Waals surface area contributed by atoms with Crippen molar-refractivity contribution >= 4 is 23.9 Å². The Morgan fingerprint density at radius 1 is 0.750 bits per heavy atom. The molecule has 8 heteroatoms. The highest BCUT2D eigenvalue weighted by atomic mass is 16.4. The molecule has 2 rings (SSSR count).